The summed E-state index contributed by atoms with van der Waals surface area (Å²) in [6, 6.07) is 0. The van der Waals surface area contributed by atoms with Gasteiger partial charge in [-0.05, 0) is 26.2 Å². The molecule has 18 heavy (non-hydrogen) atoms. The van der Waals surface area contributed by atoms with Gasteiger partial charge < -0.3 is 14.2 Å². The molecule has 0 aliphatic carbocycles. The van der Waals surface area contributed by atoms with Crippen LogP contribution in [0.15, 0.2) is 0 Å². The Morgan fingerprint density at radius 2 is 2.11 bits per heavy atom. The molecule has 3 rings (SSSR count). The van der Waals surface area contributed by atoms with E-state index in [1.54, 1.807) is 0 Å². The van der Waals surface area contributed by atoms with Crippen molar-refractivity contribution < 1.29 is 19.0 Å². The second-order valence-corrected chi connectivity index (χ2v) is 5.90. The van der Waals surface area contributed by atoms with Gasteiger partial charge in [0.15, 0.2) is 0 Å². The number of ketones is 1. The second kappa shape index (κ2) is 4.91. The lowest BCUT2D eigenvalue weighted by atomic mass is 9.78. The smallest absolute Gasteiger partial charge is 0.141 e. The zero-order chi connectivity index (χ0) is 12.6. The minimum absolute atomic E-state index is 0.0936. The fourth-order valence-electron chi connectivity index (χ4n) is 3.54. The molecule has 4 nitrogen and oxygen atoms in total. The molecule has 0 aromatic rings. The van der Waals surface area contributed by atoms with Gasteiger partial charge in [-0.2, -0.15) is 0 Å². The monoisotopic (exact) mass is 254 g/mol. The summed E-state index contributed by atoms with van der Waals surface area (Å²) < 4.78 is 16.9. The molecule has 0 aromatic carbocycles. The van der Waals surface area contributed by atoms with E-state index in [2.05, 4.69) is 0 Å². The van der Waals surface area contributed by atoms with Crippen LogP contribution in [-0.4, -0.2) is 43.9 Å². The zero-order valence-corrected chi connectivity index (χ0v) is 11.0. The van der Waals surface area contributed by atoms with Crippen LogP contribution in [0.25, 0.3) is 0 Å². The molecule has 3 fully saturated rings. The van der Waals surface area contributed by atoms with Crippen LogP contribution in [0, 0.1) is 11.8 Å². The third kappa shape index (κ3) is 2.22. The highest BCUT2D eigenvalue weighted by atomic mass is 16.6. The van der Waals surface area contributed by atoms with Crippen LogP contribution in [0.2, 0.25) is 0 Å². The minimum Gasteiger partial charge on any atom is -0.378 e. The molecule has 3 heterocycles. The molecule has 3 aliphatic rings. The Morgan fingerprint density at radius 1 is 1.22 bits per heavy atom. The Labute approximate surface area is 108 Å². The summed E-state index contributed by atoms with van der Waals surface area (Å²) in [5, 5.41) is 0. The van der Waals surface area contributed by atoms with Crippen molar-refractivity contribution in [1.82, 2.24) is 0 Å². The number of carbonyl (C=O) groups is 1. The lowest BCUT2D eigenvalue weighted by Gasteiger charge is -2.37. The van der Waals surface area contributed by atoms with E-state index in [1.807, 2.05) is 6.92 Å². The second-order valence-electron chi connectivity index (χ2n) is 5.90. The molecule has 0 aromatic heterocycles. The van der Waals surface area contributed by atoms with E-state index in [4.69, 9.17) is 14.2 Å². The van der Waals surface area contributed by atoms with E-state index in [0.29, 0.717) is 19.0 Å². The van der Waals surface area contributed by atoms with Gasteiger partial charge >= 0.3 is 0 Å². The number of hydrogen-bond donors (Lipinski definition) is 0. The maximum Gasteiger partial charge on any atom is 0.141 e. The number of Topliss-reactive ketones (excluding diaryl/α,β-unsaturated/α-hetero) is 1. The molecule has 3 aliphatic heterocycles. The van der Waals surface area contributed by atoms with E-state index in [-0.39, 0.29) is 23.5 Å². The fourth-order valence-corrected chi connectivity index (χ4v) is 3.54. The van der Waals surface area contributed by atoms with Gasteiger partial charge in [-0.3, -0.25) is 4.79 Å². The Morgan fingerprint density at radius 3 is 2.78 bits per heavy atom. The van der Waals surface area contributed by atoms with Crippen LogP contribution in [-0.2, 0) is 19.0 Å². The highest BCUT2D eigenvalue weighted by Crippen LogP contribution is 2.38. The van der Waals surface area contributed by atoms with Crippen molar-refractivity contribution in [3.8, 4) is 0 Å². The summed E-state index contributed by atoms with van der Waals surface area (Å²) in [7, 11) is 0. The van der Waals surface area contributed by atoms with Gasteiger partial charge in [-0.15, -0.1) is 0 Å². The molecule has 1 spiro atoms. The summed E-state index contributed by atoms with van der Waals surface area (Å²) in [5.41, 5.74) is -0.165. The third-order valence-electron chi connectivity index (χ3n) is 4.70. The number of carbonyl (C=O) groups excluding carboxylic acids is 1. The van der Waals surface area contributed by atoms with Crippen LogP contribution >= 0.6 is 0 Å². The zero-order valence-electron chi connectivity index (χ0n) is 11.0. The molecular weight excluding hydrogens is 232 g/mol. The topological polar surface area (TPSA) is 44.8 Å². The molecule has 102 valence electrons. The molecule has 4 atom stereocenters. The molecule has 0 radical (unpaired) electrons. The van der Waals surface area contributed by atoms with E-state index >= 15 is 0 Å². The lowest BCUT2D eigenvalue weighted by molar-refractivity contribution is -0.141. The van der Waals surface area contributed by atoms with Crippen molar-refractivity contribution in [2.45, 2.75) is 44.3 Å². The van der Waals surface area contributed by atoms with Gasteiger partial charge in [-0.25, -0.2) is 0 Å². The van der Waals surface area contributed by atoms with Crippen LogP contribution < -0.4 is 0 Å². The first-order valence-electron chi connectivity index (χ1n) is 7.07. The van der Waals surface area contributed by atoms with Crippen LogP contribution in [0.5, 0.6) is 0 Å². The van der Waals surface area contributed by atoms with Gasteiger partial charge in [-0.1, -0.05) is 0 Å². The van der Waals surface area contributed by atoms with Crippen molar-refractivity contribution in [1.29, 1.82) is 0 Å². The van der Waals surface area contributed by atoms with Crippen molar-refractivity contribution >= 4 is 5.78 Å². The Balaban J connectivity index is 1.66. The van der Waals surface area contributed by atoms with Gasteiger partial charge in [0.05, 0.1) is 18.3 Å². The summed E-state index contributed by atoms with van der Waals surface area (Å²) in [4.78, 5) is 12.6. The van der Waals surface area contributed by atoms with E-state index in [1.165, 1.54) is 0 Å². The average Bonchev–Trinajstić information content (AvgIpc) is 2.98. The lowest BCUT2D eigenvalue weighted by Crippen LogP contribution is -2.44. The van der Waals surface area contributed by atoms with Crippen molar-refractivity contribution in [3.63, 3.8) is 0 Å². The highest BCUT2D eigenvalue weighted by molar-refractivity contribution is 5.84. The standard InChI is InChI=1S/C14H22O4/c1-10-12(3-5-17-10)13(15)11-2-6-18-14(8-11)4-7-16-9-14/h10-12H,2-9H2,1H3. The summed E-state index contributed by atoms with van der Waals surface area (Å²) in [6.07, 6.45) is 3.63. The first kappa shape index (κ1) is 12.6. The van der Waals surface area contributed by atoms with Crippen molar-refractivity contribution in [3.05, 3.63) is 0 Å². The fraction of sp³-hybridized carbons (Fsp3) is 0.929. The normalized spacial score (nSPS) is 44.6. The molecule has 0 bridgehead atoms. The Bertz CT molecular complexity index is 322. The van der Waals surface area contributed by atoms with Gasteiger partial charge in [0.25, 0.3) is 0 Å². The largest absolute Gasteiger partial charge is 0.378 e. The molecule has 4 heteroatoms. The molecule has 3 saturated heterocycles. The van der Waals surface area contributed by atoms with E-state index < -0.39 is 0 Å². The van der Waals surface area contributed by atoms with Gasteiger partial charge in [0.2, 0.25) is 0 Å². The summed E-state index contributed by atoms with van der Waals surface area (Å²) in [5.74, 6) is 0.650. The predicted octanol–water partition coefficient (Wildman–Crippen LogP) is 1.57. The quantitative estimate of drug-likeness (QED) is 0.750. The maximum absolute atomic E-state index is 12.6. The number of hydrogen-bond acceptors (Lipinski definition) is 4. The van der Waals surface area contributed by atoms with E-state index in [0.717, 1.165) is 38.9 Å². The minimum atomic E-state index is -0.165. The highest BCUT2D eigenvalue weighted by Gasteiger charge is 2.45. The third-order valence-corrected chi connectivity index (χ3v) is 4.70. The molecule has 0 saturated carbocycles. The molecule has 0 amide bonds. The van der Waals surface area contributed by atoms with Crippen LogP contribution in [0.1, 0.15) is 32.6 Å². The van der Waals surface area contributed by atoms with Crippen molar-refractivity contribution in [2.24, 2.45) is 11.8 Å². The van der Waals surface area contributed by atoms with E-state index in [9.17, 15) is 4.79 Å². The summed E-state index contributed by atoms with van der Waals surface area (Å²) >= 11 is 0. The Kier molecular flexibility index (Phi) is 3.43. The molecular formula is C14H22O4. The van der Waals surface area contributed by atoms with Crippen molar-refractivity contribution in [2.75, 3.05) is 26.4 Å². The first-order valence-corrected chi connectivity index (χ1v) is 7.07. The Hall–Kier alpha value is -0.450. The number of ether oxygens (including phenoxy) is 3. The number of rotatable bonds is 2. The predicted molar refractivity (Wildman–Crippen MR) is 65.4 cm³/mol. The molecule has 4 unspecified atom stereocenters. The van der Waals surface area contributed by atoms with Crippen LogP contribution in [0.4, 0.5) is 0 Å². The van der Waals surface area contributed by atoms with Gasteiger partial charge in [0.1, 0.15) is 5.78 Å². The molecule has 0 N–H and O–H groups in total. The average molecular weight is 254 g/mol. The SMILES string of the molecule is CC1OCCC1C(=O)C1CCOC2(CCOC2)C1. The van der Waals surface area contributed by atoms with Crippen LogP contribution in [0.3, 0.4) is 0 Å². The van der Waals surface area contributed by atoms with Gasteiger partial charge in [0, 0.05) is 38.1 Å². The maximum atomic E-state index is 12.6. The first-order chi connectivity index (χ1) is 8.70. The summed E-state index contributed by atoms with van der Waals surface area (Å²) in [6.45, 7) is 4.87.